The van der Waals surface area contributed by atoms with E-state index in [-0.39, 0.29) is 37.9 Å². The van der Waals surface area contributed by atoms with Crippen molar-refractivity contribution in [2.45, 2.75) is 19.1 Å². The Morgan fingerprint density at radius 3 is 2.39 bits per heavy atom. The molecule has 2 aromatic carbocycles. The van der Waals surface area contributed by atoms with Crippen LogP contribution in [0.3, 0.4) is 0 Å². The number of esters is 2. The van der Waals surface area contributed by atoms with Crippen LogP contribution in [-0.4, -0.2) is 52.7 Å². The van der Waals surface area contributed by atoms with E-state index in [0.717, 1.165) is 28.6 Å². The summed E-state index contributed by atoms with van der Waals surface area (Å²) < 4.78 is 31.5. The molecule has 12 nitrogen and oxygen atoms in total. The molecule has 0 aliphatic carbocycles. The van der Waals surface area contributed by atoms with Crippen LogP contribution >= 0.6 is 11.6 Å². The Morgan fingerprint density at radius 2 is 1.70 bits per heavy atom. The van der Waals surface area contributed by atoms with E-state index in [2.05, 4.69) is 4.98 Å². The third-order valence-electron chi connectivity index (χ3n) is 6.65. The number of benzene rings is 2. The number of rotatable bonds is 7. The third-order valence-corrected chi connectivity index (χ3v) is 6.93. The predicted molar refractivity (Wildman–Crippen MR) is 155 cm³/mol. The van der Waals surface area contributed by atoms with Crippen molar-refractivity contribution in [1.29, 1.82) is 0 Å². The summed E-state index contributed by atoms with van der Waals surface area (Å²) >= 11 is 6.14. The Bertz CT molecular complexity index is 1880. The maximum atomic E-state index is 14.5. The van der Waals surface area contributed by atoms with Gasteiger partial charge in [0.05, 0.1) is 23.5 Å². The first-order chi connectivity index (χ1) is 21.0. The standard InChI is InChI=1S/C30H24ClFN4O8/c1-34(2)20-10-8-17(9-11-20)28(39)43-23-14-24(33-15-21(23)31)44-29(40)19-6-3-5-18(13-19)26(37)36-27(38)22(32)16-35(30(36)41)25-7-4-12-42-25/h3,5-6,8-11,13-16,25H,4,7,12H2,1-2H3. The predicted octanol–water partition coefficient (Wildman–Crippen LogP) is 3.70. The Labute approximate surface area is 253 Å². The fraction of sp³-hybridized carbons (Fsp3) is 0.200. The highest BCUT2D eigenvalue weighted by molar-refractivity contribution is 6.32. The first kappa shape index (κ1) is 30.3. The summed E-state index contributed by atoms with van der Waals surface area (Å²) in [5.41, 5.74) is -1.81. The second-order valence-corrected chi connectivity index (χ2v) is 10.2. The minimum absolute atomic E-state index is 0.0233. The summed E-state index contributed by atoms with van der Waals surface area (Å²) in [4.78, 5) is 70.0. The van der Waals surface area contributed by atoms with Crippen LogP contribution in [0.2, 0.25) is 5.02 Å². The lowest BCUT2D eigenvalue weighted by atomic mass is 10.1. The van der Waals surface area contributed by atoms with E-state index >= 15 is 0 Å². The van der Waals surface area contributed by atoms with E-state index in [0.29, 0.717) is 25.6 Å². The number of nitrogens with zero attached hydrogens (tertiary/aromatic N) is 4. The van der Waals surface area contributed by atoms with Gasteiger partial charge in [0.1, 0.15) is 11.3 Å². The van der Waals surface area contributed by atoms with Crippen LogP contribution in [0.5, 0.6) is 11.6 Å². The van der Waals surface area contributed by atoms with Crippen molar-refractivity contribution in [2.24, 2.45) is 0 Å². The molecule has 226 valence electrons. The number of pyridine rings is 1. The van der Waals surface area contributed by atoms with Crippen molar-refractivity contribution in [3.05, 3.63) is 115 Å². The van der Waals surface area contributed by atoms with Crippen LogP contribution in [0.1, 0.15) is 50.1 Å². The highest BCUT2D eigenvalue weighted by Crippen LogP contribution is 2.28. The monoisotopic (exact) mass is 622 g/mol. The zero-order chi connectivity index (χ0) is 31.5. The smallest absolute Gasteiger partial charge is 0.344 e. The number of hydrogen-bond acceptors (Lipinski definition) is 10. The molecular formula is C30H24ClFN4O8. The summed E-state index contributed by atoms with van der Waals surface area (Å²) in [6, 6.07) is 12.7. The van der Waals surface area contributed by atoms with Crippen LogP contribution in [0.25, 0.3) is 0 Å². The molecule has 1 aliphatic heterocycles. The molecule has 5 rings (SSSR count). The van der Waals surface area contributed by atoms with Gasteiger partial charge >= 0.3 is 17.6 Å². The minimum atomic E-state index is -1.44. The Kier molecular flexibility index (Phi) is 8.69. The van der Waals surface area contributed by atoms with Crippen LogP contribution in [0, 0.1) is 5.82 Å². The molecule has 0 amide bonds. The molecule has 0 bridgehead atoms. The molecule has 1 atom stereocenters. The highest BCUT2D eigenvalue weighted by Gasteiger charge is 2.26. The van der Waals surface area contributed by atoms with E-state index in [1.165, 1.54) is 18.2 Å². The average Bonchev–Trinajstić information content (AvgIpc) is 3.55. The second kappa shape index (κ2) is 12.6. The molecule has 3 heterocycles. The number of anilines is 1. The lowest BCUT2D eigenvalue weighted by molar-refractivity contribution is 0.0501. The van der Waals surface area contributed by atoms with E-state index in [9.17, 15) is 28.4 Å². The molecule has 4 aromatic rings. The van der Waals surface area contributed by atoms with E-state index in [1.54, 1.807) is 24.3 Å². The number of hydrogen-bond donors (Lipinski definition) is 0. The summed E-state index contributed by atoms with van der Waals surface area (Å²) in [5, 5.41) is -0.0233. The molecule has 44 heavy (non-hydrogen) atoms. The van der Waals surface area contributed by atoms with Crippen molar-refractivity contribution in [3.8, 4) is 11.6 Å². The molecule has 2 aromatic heterocycles. The van der Waals surface area contributed by atoms with Crippen molar-refractivity contribution in [2.75, 3.05) is 25.6 Å². The first-order valence-corrected chi connectivity index (χ1v) is 13.6. The fourth-order valence-electron chi connectivity index (χ4n) is 4.36. The van der Waals surface area contributed by atoms with E-state index in [4.69, 9.17) is 25.8 Å². The highest BCUT2D eigenvalue weighted by atomic mass is 35.5. The number of halogens is 2. The van der Waals surface area contributed by atoms with Gasteiger partial charge < -0.3 is 19.1 Å². The van der Waals surface area contributed by atoms with Crippen LogP contribution in [0.4, 0.5) is 10.1 Å². The quantitative estimate of drug-likeness (QED) is 0.280. The number of aromatic nitrogens is 3. The zero-order valence-corrected chi connectivity index (χ0v) is 24.1. The van der Waals surface area contributed by atoms with Gasteiger partial charge in [-0.05, 0) is 55.3 Å². The molecule has 1 aliphatic rings. The van der Waals surface area contributed by atoms with Crippen molar-refractivity contribution < 1.29 is 33.0 Å². The van der Waals surface area contributed by atoms with Gasteiger partial charge in [-0.1, -0.05) is 17.7 Å². The molecule has 0 spiro atoms. The largest absolute Gasteiger partial charge is 0.421 e. The van der Waals surface area contributed by atoms with Crippen LogP contribution in [0.15, 0.2) is 76.6 Å². The maximum Gasteiger partial charge on any atom is 0.344 e. The third kappa shape index (κ3) is 6.28. The topological polar surface area (TPSA) is 139 Å². The number of carbonyl (C=O) groups is 3. The van der Waals surface area contributed by atoms with Crippen molar-refractivity contribution in [3.63, 3.8) is 0 Å². The minimum Gasteiger partial charge on any atom is -0.421 e. The first-order valence-electron chi connectivity index (χ1n) is 13.2. The molecule has 1 unspecified atom stereocenters. The van der Waals surface area contributed by atoms with Crippen LogP contribution < -0.4 is 25.6 Å². The van der Waals surface area contributed by atoms with Gasteiger partial charge in [0.2, 0.25) is 11.7 Å². The molecule has 0 radical (unpaired) electrons. The Hall–Kier alpha value is -5.14. The SMILES string of the molecule is CN(C)c1ccc(C(=O)Oc2cc(OC(=O)c3cccc(C(=O)n4c(=O)c(F)cn(C5CCCO5)c4=O)c3)ncc2Cl)cc1. The Balaban J connectivity index is 1.35. The lowest BCUT2D eigenvalue weighted by Crippen LogP contribution is -2.46. The van der Waals surface area contributed by atoms with Gasteiger partial charge in [-0.15, -0.1) is 0 Å². The Morgan fingerprint density at radius 1 is 1.00 bits per heavy atom. The van der Waals surface area contributed by atoms with Gasteiger partial charge in [-0.2, -0.15) is 8.96 Å². The summed E-state index contributed by atoms with van der Waals surface area (Å²) in [7, 11) is 3.72. The van der Waals surface area contributed by atoms with Gasteiger partial charge in [0, 0.05) is 38.0 Å². The van der Waals surface area contributed by atoms with E-state index in [1.807, 2.05) is 19.0 Å². The fourth-order valence-corrected chi connectivity index (χ4v) is 4.50. The zero-order valence-electron chi connectivity index (χ0n) is 23.4. The van der Waals surface area contributed by atoms with Gasteiger partial charge in [0.15, 0.2) is 5.75 Å². The maximum absolute atomic E-state index is 14.5. The molecule has 1 saturated heterocycles. The lowest BCUT2D eigenvalue weighted by Gasteiger charge is -2.15. The number of ether oxygens (including phenoxy) is 3. The van der Waals surface area contributed by atoms with Crippen molar-refractivity contribution in [1.82, 2.24) is 14.1 Å². The molecule has 1 fully saturated rings. The molecule has 0 N–H and O–H groups in total. The molecular weight excluding hydrogens is 599 g/mol. The van der Waals surface area contributed by atoms with E-state index < -0.39 is 41.1 Å². The molecule has 0 saturated carbocycles. The second-order valence-electron chi connectivity index (χ2n) is 9.83. The van der Waals surface area contributed by atoms with Gasteiger partial charge in [0.25, 0.3) is 11.5 Å². The van der Waals surface area contributed by atoms with Gasteiger partial charge in [-0.25, -0.2) is 19.4 Å². The summed E-state index contributed by atoms with van der Waals surface area (Å²) in [5.74, 6) is -4.56. The average molecular weight is 623 g/mol. The number of carbonyl (C=O) groups excluding carboxylic acids is 3. The van der Waals surface area contributed by atoms with Crippen molar-refractivity contribution >= 4 is 35.1 Å². The van der Waals surface area contributed by atoms with Crippen LogP contribution in [-0.2, 0) is 4.74 Å². The molecule has 14 heteroatoms. The normalized spacial score (nSPS) is 14.2. The summed E-state index contributed by atoms with van der Waals surface area (Å²) in [6.45, 7) is 0.340. The summed E-state index contributed by atoms with van der Waals surface area (Å²) in [6.07, 6.45) is 2.03. The van der Waals surface area contributed by atoms with Gasteiger partial charge in [-0.3, -0.25) is 14.2 Å².